The van der Waals surface area contributed by atoms with Gasteiger partial charge in [-0.2, -0.15) is 0 Å². The lowest BCUT2D eigenvalue weighted by molar-refractivity contribution is -0.139. The number of nitrogens with one attached hydrogen (secondary N) is 2. The van der Waals surface area contributed by atoms with Gasteiger partial charge in [0.2, 0.25) is 5.56 Å². The second-order valence-electron chi connectivity index (χ2n) is 4.05. The second-order valence-corrected chi connectivity index (χ2v) is 4.05. The normalized spacial score (nSPS) is 11.9. The van der Waals surface area contributed by atoms with E-state index >= 15 is 0 Å². The summed E-state index contributed by atoms with van der Waals surface area (Å²) in [5, 5.41) is 11.4. The van der Waals surface area contributed by atoms with Gasteiger partial charge in [0.15, 0.2) is 0 Å². The molecule has 0 fully saturated rings. The van der Waals surface area contributed by atoms with Crippen molar-refractivity contribution in [2.24, 2.45) is 0 Å². The lowest BCUT2D eigenvalue weighted by Gasteiger charge is -2.14. The van der Waals surface area contributed by atoms with Gasteiger partial charge in [-0.05, 0) is 18.9 Å². The number of hydrogen-bond donors (Lipinski definition) is 3. The molecular weight excluding hydrogens is 236 g/mol. The van der Waals surface area contributed by atoms with Crippen molar-refractivity contribution in [3.05, 3.63) is 33.7 Å². The molecule has 0 aliphatic heterocycles. The van der Waals surface area contributed by atoms with E-state index < -0.39 is 17.9 Å². The van der Waals surface area contributed by atoms with Crippen LogP contribution in [-0.2, 0) is 4.79 Å². The zero-order chi connectivity index (χ0) is 13.7. The Labute approximate surface area is 104 Å². The highest BCUT2D eigenvalue weighted by molar-refractivity contribution is 5.97. The first-order valence-corrected chi connectivity index (χ1v) is 5.68. The zero-order valence-corrected chi connectivity index (χ0v) is 10.3. The summed E-state index contributed by atoms with van der Waals surface area (Å²) in [6.45, 7) is 3.47. The second kappa shape index (κ2) is 6.00. The number of carbonyl (C=O) groups excluding carboxylic acids is 1. The van der Waals surface area contributed by atoms with Crippen molar-refractivity contribution in [3.63, 3.8) is 0 Å². The fourth-order valence-corrected chi connectivity index (χ4v) is 1.60. The summed E-state index contributed by atoms with van der Waals surface area (Å²) in [6, 6.07) is 0.388. The third-order valence-corrected chi connectivity index (χ3v) is 2.56. The molecule has 0 saturated heterocycles. The number of H-pyrrole nitrogens is 1. The Kier molecular flexibility index (Phi) is 4.65. The van der Waals surface area contributed by atoms with E-state index in [-0.39, 0.29) is 11.1 Å². The number of aromatic nitrogens is 1. The van der Waals surface area contributed by atoms with Crippen LogP contribution in [0.1, 0.15) is 35.7 Å². The van der Waals surface area contributed by atoms with Crippen LogP contribution in [0.4, 0.5) is 0 Å². The van der Waals surface area contributed by atoms with Crippen LogP contribution >= 0.6 is 0 Å². The minimum atomic E-state index is -1.06. The van der Waals surface area contributed by atoms with Gasteiger partial charge in [0, 0.05) is 12.3 Å². The number of rotatable bonds is 5. The molecule has 0 aliphatic carbocycles. The van der Waals surface area contributed by atoms with Gasteiger partial charge in [0.25, 0.3) is 5.91 Å². The van der Waals surface area contributed by atoms with Gasteiger partial charge in [0.1, 0.15) is 6.04 Å². The predicted molar refractivity (Wildman–Crippen MR) is 65.6 cm³/mol. The lowest BCUT2D eigenvalue weighted by atomic mass is 10.1. The van der Waals surface area contributed by atoms with Gasteiger partial charge in [-0.3, -0.25) is 9.59 Å². The summed E-state index contributed by atoms with van der Waals surface area (Å²) in [4.78, 5) is 36.2. The smallest absolute Gasteiger partial charge is 0.326 e. The number of aryl methyl sites for hydroxylation is 1. The van der Waals surface area contributed by atoms with Crippen LogP contribution in [0, 0.1) is 6.92 Å². The number of carbonyl (C=O) groups is 2. The molecule has 18 heavy (non-hydrogen) atoms. The topological polar surface area (TPSA) is 99.3 Å². The van der Waals surface area contributed by atoms with E-state index in [1.807, 2.05) is 6.92 Å². The van der Waals surface area contributed by atoms with Crippen LogP contribution in [-0.4, -0.2) is 28.0 Å². The van der Waals surface area contributed by atoms with Crippen LogP contribution in [0.3, 0.4) is 0 Å². The van der Waals surface area contributed by atoms with Crippen LogP contribution in [0.25, 0.3) is 0 Å². The van der Waals surface area contributed by atoms with E-state index in [0.29, 0.717) is 18.4 Å². The van der Waals surface area contributed by atoms with E-state index in [1.165, 1.54) is 12.3 Å². The standard InChI is InChI=1S/C12H16N2O4/c1-3-4-9(12(17)18)14-11(16)8-6-13-10(15)5-7(8)2/h5-6,9H,3-4H2,1-2H3,(H,13,15)(H,14,16)(H,17,18). The van der Waals surface area contributed by atoms with E-state index in [2.05, 4.69) is 10.3 Å². The summed E-state index contributed by atoms with van der Waals surface area (Å²) < 4.78 is 0. The predicted octanol–water partition coefficient (Wildman–Crippen LogP) is 0.666. The highest BCUT2D eigenvalue weighted by atomic mass is 16.4. The summed E-state index contributed by atoms with van der Waals surface area (Å²) in [6.07, 6.45) is 2.31. The van der Waals surface area contributed by atoms with Gasteiger partial charge in [-0.1, -0.05) is 13.3 Å². The van der Waals surface area contributed by atoms with Crippen molar-refractivity contribution in [2.75, 3.05) is 0 Å². The van der Waals surface area contributed by atoms with E-state index in [0.717, 1.165) is 0 Å². The van der Waals surface area contributed by atoms with Crippen LogP contribution < -0.4 is 10.9 Å². The number of carboxylic acids is 1. The molecule has 1 rings (SSSR count). The van der Waals surface area contributed by atoms with Crippen LogP contribution in [0.15, 0.2) is 17.1 Å². The Balaban J connectivity index is 2.87. The van der Waals surface area contributed by atoms with Crippen molar-refractivity contribution in [3.8, 4) is 0 Å². The molecule has 98 valence electrons. The molecule has 0 spiro atoms. The summed E-state index contributed by atoms with van der Waals surface area (Å²) in [5.41, 5.74) is 0.487. The average molecular weight is 252 g/mol. The van der Waals surface area contributed by atoms with Gasteiger partial charge >= 0.3 is 5.97 Å². The van der Waals surface area contributed by atoms with Crippen LogP contribution in [0.5, 0.6) is 0 Å². The number of amides is 1. The third kappa shape index (κ3) is 3.44. The van der Waals surface area contributed by atoms with Gasteiger partial charge in [-0.15, -0.1) is 0 Å². The lowest BCUT2D eigenvalue weighted by Crippen LogP contribution is -2.41. The first kappa shape index (κ1) is 14.0. The molecule has 0 aromatic carbocycles. The van der Waals surface area contributed by atoms with E-state index in [1.54, 1.807) is 6.92 Å². The molecule has 0 bridgehead atoms. The fraction of sp³-hybridized carbons (Fsp3) is 0.417. The molecule has 6 heteroatoms. The maximum absolute atomic E-state index is 11.9. The van der Waals surface area contributed by atoms with Crippen molar-refractivity contribution < 1.29 is 14.7 Å². The van der Waals surface area contributed by atoms with Crippen molar-refractivity contribution in [1.82, 2.24) is 10.3 Å². The average Bonchev–Trinajstić information content (AvgIpc) is 2.27. The molecule has 1 amide bonds. The van der Waals surface area contributed by atoms with Gasteiger partial charge < -0.3 is 15.4 Å². The Hall–Kier alpha value is -2.11. The highest BCUT2D eigenvalue weighted by Crippen LogP contribution is 2.05. The van der Waals surface area contributed by atoms with Crippen LogP contribution in [0.2, 0.25) is 0 Å². The molecule has 0 saturated carbocycles. The van der Waals surface area contributed by atoms with E-state index in [4.69, 9.17) is 5.11 Å². The summed E-state index contributed by atoms with van der Waals surface area (Å²) >= 11 is 0. The number of hydrogen-bond acceptors (Lipinski definition) is 3. The number of aromatic amines is 1. The van der Waals surface area contributed by atoms with E-state index in [9.17, 15) is 14.4 Å². The Morgan fingerprint density at radius 1 is 1.50 bits per heavy atom. The van der Waals surface area contributed by atoms with Crippen molar-refractivity contribution in [1.29, 1.82) is 0 Å². The Morgan fingerprint density at radius 3 is 2.67 bits per heavy atom. The maximum Gasteiger partial charge on any atom is 0.326 e. The molecule has 3 N–H and O–H groups in total. The molecule has 1 unspecified atom stereocenters. The van der Waals surface area contributed by atoms with Crippen molar-refractivity contribution >= 4 is 11.9 Å². The Morgan fingerprint density at radius 2 is 2.17 bits per heavy atom. The molecule has 1 heterocycles. The summed E-state index contributed by atoms with van der Waals surface area (Å²) in [5.74, 6) is -1.56. The minimum absolute atomic E-state index is 0.275. The first-order chi connectivity index (χ1) is 8.45. The van der Waals surface area contributed by atoms with Gasteiger partial charge in [-0.25, -0.2) is 4.79 Å². The fourth-order valence-electron chi connectivity index (χ4n) is 1.60. The molecular formula is C12H16N2O4. The quantitative estimate of drug-likeness (QED) is 0.717. The highest BCUT2D eigenvalue weighted by Gasteiger charge is 2.20. The first-order valence-electron chi connectivity index (χ1n) is 5.68. The molecule has 1 aromatic rings. The molecule has 6 nitrogen and oxygen atoms in total. The maximum atomic E-state index is 11.9. The SMILES string of the molecule is CCCC(NC(=O)c1c[nH]c(=O)cc1C)C(=O)O. The van der Waals surface area contributed by atoms with Crippen molar-refractivity contribution in [2.45, 2.75) is 32.7 Å². The molecule has 1 aromatic heterocycles. The third-order valence-electron chi connectivity index (χ3n) is 2.56. The zero-order valence-electron chi connectivity index (χ0n) is 10.3. The molecule has 0 aliphatic rings. The number of pyridine rings is 1. The summed E-state index contributed by atoms with van der Waals surface area (Å²) in [7, 11) is 0. The monoisotopic (exact) mass is 252 g/mol. The minimum Gasteiger partial charge on any atom is -0.480 e. The Bertz CT molecular complexity index is 507. The van der Waals surface area contributed by atoms with Gasteiger partial charge in [0.05, 0.1) is 5.56 Å². The molecule has 1 atom stereocenters. The number of aliphatic carboxylic acids is 1. The number of carboxylic acid groups (broad SMARTS) is 1. The molecule has 0 radical (unpaired) electrons. The largest absolute Gasteiger partial charge is 0.480 e.